The minimum absolute atomic E-state index is 0. The maximum Gasteiger partial charge on any atom is 1.00 e. The molecule has 0 saturated carbocycles. The molecule has 4 aromatic carbocycles. The topological polar surface area (TPSA) is 102 Å². The smallest absolute Gasteiger partial charge is 0.871 e. The molecule has 0 radical (unpaired) electrons. The first-order valence-corrected chi connectivity index (χ1v) is 9.49. The van der Waals surface area contributed by atoms with E-state index in [9.17, 15) is 18.1 Å². The Morgan fingerprint density at radius 3 is 2.00 bits per heavy atom. The predicted molar refractivity (Wildman–Crippen MR) is 101 cm³/mol. The van der Waals surface area contributed by atoms with Crippen LogP contribution in [-0.2, 0) is 10.1 Å². The van der Waals surface area contributed by atoms with Gasteiger partial charge in [0.1, 0.15) is 10.6 Å². The van der Waals surface area contributed by atoms with Crippen LogP contribution in [0.4, 0.5) is 11.4 Å². The molecule has 134 valence electrons. The van der Waals surface area contributed by atoms with Gasteiger partial charge >= 0.3 is 29.6 Å². The summed E-state index contributed by atoms with van der Waals surface area (Å²) < 4.78 is 33.6. The van der Waals surface area contributed by atoms with Gasteiger partial charge < -0.3 is 5.11 Å². The predicted octanol–water partition coefficient (Wildman–Crippen LogP) is 1.73. The van der Waals surface area contributed by atoms with Crippen LogP contribution >= 0.6 is 0 Å². The van der Waals surface area contributed by atoms with Crippen molar-refractivity contribution < 1.29 is 47.6 Å². The Hall–Kier alpha value is -2.29. The van der Waals surface area contributed by atoms with Crippen molar-refractivity contribution in [3.05, 3.63) is 72.8 Å². The van der Waals surface area contributed by atoms with Crippen molar-refractivity contribution in [1.29, 1.82) is 0 Å². The summed E-state index contributed by atoms with van der Waals surface area (Å²) in [6.45, 7) is 0. The second-order valence-electron chi connectivity index (χ2n) is 5.94. The SMILES string of the molecule is O=S(=O)(O)c1c(N=Nc2c([O-])ccc3ccccc23)ccc2ccccc12.[Na+]. The average Bonchev–Trinajstić information content (AvgIpc) is 2.66. The van der Waals surface area contributed by atoms with E-state index < -0.39 is 10.1 Å². The van der Waals surface area contributed by atoms with Crippen LogP contribution in [0.1, 0.15) is 0 Å². The molecule has 0 spiro atoms. The Balaban J connectivity index is 0.00000225. The van der Waals surface area contributed by atoms with Gasteiger partial charge in [-0.2, -0.15) is 13.5 Å². The van der Waals surface area contributed by atoms with Crippen LogP contribution in [0, 0.1) is 0 Å². The minimum Gasteiger partial charge on any atom is -0.871 e. The summed E-state index contributed by atoms with van der Waals surface area (Å²) in [6.07, 6.45) is 0. The molecule has 1 N–H and O–H groups in total. The van der Waals surface area contributed by atoms with Gasteiger partial charge in [0.2, 0.25) is 0 Å². The quantitative estimate of drug-likeness (QED) is 0.321. The van der Waals surface area contributed by atoms with Gasteiger partial charge in [0, 0.05) is 10.8 Å². The van der Waals surface area contributed by atoms with Crippen molar-refractivity contribution in [3.8, 4) is 5.75 Å². The zero-order chi connectivity index (χ0) is 19.0. The normalized spacial score (nSPS) is 11.8. The maximum absolute atomic E-state index is 12.2. The molecule has 0 heterocycles. The number of hydrogen-bond donors (Lipinski definition) is 1. The molecule has 0 aliphatic heterocycles. The van der Waals surface area contributed by atoms with Gasteiger partial charge in [0.25, 0.3) is 10.1 Å². The molecule has 28 heavy (non-hydrogen) atoms. The second kappa shape index (κ2) is 7.98. The van der Waals surface area contributed by atoms with E-state index in [0.29, 0.717) is 16.2 Å². The summed E-state index contributed by atoms with van der Waals surface area (Å²) in [5, 5.41) is 22.6. The standard InChI is InChI=1S/C20H14N2O4S.Na/c23-18-12-10-13-5-1-3-7-15(13)19(18)22-21-17-11-9-14-6-2-4-8-16(14)20(17)27(24,25)26;/h1-12,23H,(H,24,25,26);/q;+1/p-1. The Bertz CT molecular complexity index is 1320. The van der Waals surface area contributed by atoms with Crippen molar-refractivity contribution in [2.24, 2.45) is 10.2 Å². The van der Waals surface area contributed by atoms with E-state index in [-0.39, 0.29) is 51.6 Å². The minimum atomic E-state index is -4.55. The van der Waals surface area contributed by atoms with E-state index in [2.05, 4.69) is 10.2 Å². The average molecular weight is 400 g/mol. The zero-order valence-electron chi connectivity index (χ0n) is 14.9. The molecular weight excluding hydrogens is 387 g/mol. The number of rotatable bonds is 3. The first-order valence-electron chi connectivity index (χ1n) is 8.05. The van der Waals surface area contributed by atoms with Crippen LogP contribution in [0.2, 0.25) is 0 Å². The molecule has 6 nitrogen and oxygen atoms in total. The van der Waals surface area contributed by atoms with Crippen LogP contribution < -0.4 is 34.7 Å². The van der Waals surface area contributed by atoms with Crippen LogP contribution in [0.25, 0.3) is 21.5 Å². The molecule has 4 aromatic rings. The third-order valence-electron chi connectivity index (χ3n) is 4.24. The molecule has 0 atom stereocenters. The van der Waals surface area contributed by atoms with Gasteiger partial charge in [0.15, 0.2) is 0 Å². The van der Waals surface area contributed by atoms with E-state index in [1.165, 1.54) is 12.1 Å². The van der Waals surface area contributed by atoms with Crippen molar-refractivity contribution >= 4 is 43.0 Å². The maximum atomic E-state index is 12.2. The Labute approximate surface area is 183 Å². The number of nitrogens with zero attached hydrogens (tertiary/aromatic N) is 2. The molecule has 0 aliphatic carbocycles. The number of azo groups is 1. The summed E-state index contributed by atoms with van der Waals surface area (Å²) in [6, 6.07) is 20.1. The van der Waals surface area contributed by atoms with Crippen molar-refractivity contribution in [1.82, 2.24) is 0 Å². The van der Waals surface area contributed by atoms with Crippen LogP contribution in [0.5, 0.6) is 5.75 Å². The van der Waals surface area contributed by atoms with Gasteiger partial charge in [-0.1, -0.05) is 72.5 Å². The van der Waals surface area contributed by atoms with Gasteiger partial charge in [0.05, 0.1) is 5.69 Å². The van der Waals surface area contributed by atoms with E-state index in [1.54, 1.807) is 48.5 Å². The monoisotopic (exact) mass is 400 g/mol. The Morgan fingerprint density at radius 1 is 0.750 bits per heavy atom. The van der Waals surface area contributed by atoms with E-state index in [1.807, 2.05) is 12.1 Å². The summed E-state index contributed by atoms with van der Waals surface area (Å²) in [7, 11) is -4.55. The van der Waals surface area contributed by atoms with Crippen molar-refractivity contribution in [3.63, 3.8) is 0 Å². The molecule has 0 aromatic heterocycles. The molecule has 0 fully saturated rings. The fourth-order valence-electron chi connectivity index (χ4n) is 3.02. The van der Waals surface area contributed by atoms with E-state index >= 15 is 0 Å². The summed E-state index contributed by atoms with van der Waals surface area (Å²) in [5.74, 6) is -0.327. The Morgan fingerprint density at radius 2 is 1.32 bits per heavy atom. The fraction of sp³-hybridized carbons (Fsp3) is 0. The summed E-state index contributed by atoms with van der Waals surface area (Å²) in [4.78, 5) is -0.336. The van der Waals surface area contributed by atoms with Gasteiger partial charge in [-0.3, -0.25) is 4.55 Å². The van der Waals surface area contributed by atoms with Crippen molar-refractivity contribution in [2.45, 2.75) is 4.90 Å². The molecular formula is C20H13N2NaO4S. The number of benzene rings is 4. The molecule has 0 bridgehead atoms. The second-order valence-corrected chi connectivity index (χ2v) is 7.30. The molecule has 4 rings (SSSR count). The van der Waals surface area contributed by atoms with Gasteiger partial charge in [-0.05, 0) is 16.8 Å². The summed E-state index contributed by atoms with van der Waals surface area (Å²) >= 11 is 0. The van der Waals surface area contributed by atoms with Crippen molar-refractivity contribution in [2.75, 3.05) is 0 Å². The van der Waals surface area contributed by atoms with Crippen LogP contribution in [0.3, 0.4) is 0 Å². The number of hydrogen-bond acceptors (Lipinski definition) is 5. The van der Waals surface area contributed by atoms with Crippen LogP contribution in [0.15, 0.2) is 87.9 Å². The first kappa shape index (κ1) is 20.4. The third kappa shape index (κ3) is 3.80. The van der Waals surface area contributed by atoms with E-state index in [0.717, 1.165) is 5.39 Å². The Kier molecular flexibility index (Phi) is 5.83. The fourth-order valence-corrected chi connectivity index (χ4v) is 3.86. The molecule has 8 heteroatoms. The molecule has 0 aliphatic rings. The van der Waals surface area contributed by atoms with E-state index in [4.69, 9.17) is 0 Å². The largest absolute Gasteiger partial charge is 1.00 e. The molecule has 0 unspecified atom stereocenters. The van der Waals surface area contributed by atoms with Crippen LogP contribution in [-0.4, -0.2) is 13.0 Å². The van der Waals surface area contributed by atoms with Gasteiger partial charge in [-0.25, -0.2) is 0 Å². The molecule has 0 amide bonds. The zero-order valence-corrected chi connectivity index (χ0v) is 17.7. The number of fused-ring (bicyclic) bond motifs is 2. The summed E-state index contributed by atoms with van der Waals surface area (Å²) in [5.41, 5.74) is 0.0751. The third-order valence-corrected chi connectivity index (χ3v) is 5.18. The van der Waals surface area contributed by atoms with Gasteiger partial charge in [-0.15, -0.1) is 5.11 Å². The molecule has 0 saturated heterocycles. The first-order chi connectivity index (χ1) is 12.9.